The maximum atomic E-state index is 5.72. The molecule has 88 valence electrons. The minimum atomic E-state index is 0.487. The number of aryl methyl sites for hydroxylation is 2. The zero-order valence-electron chi connectivity index (χ0n) is 10.2. The molecule has 2 aromatic rings. The Kier molecular flexibility index (Phi) is 2.95. The smallest absolute Gasteiger partial charge is 0.161 e. The fraction of sp³-hybridized carbons (Fsp3) is 0.231. The van der Waals surface area contributed by atoms with Gasteiger partial charge in [-0.1, -0.05) is 0 Å². The maximum Gasteiger partial charge on any atom is 0.161 e. The zero-order chi connectivity index (χ0) is 12.4. The van der Waals surface area contributed by atoms with Crippen LogP contribution in [0.25, 0.3) is 11.4 Å². The van der Waals surface area contributed by atoms with Crippen LogP contribution in [0.4, 0.5) is 5.82 Å². The second-order valence-electron chi connectivity index (χ2n) is 3.94. The number of anilines is 1. The van der Waals surface area contributed by atoms with Gasteiger partial charge < -0.3 is 10.5 Å². The van der Waals surface area contributed by atoms with E-state index in [2.05, 4.69) is 9.97 Å². The summed E-state index contributed by atoms with van der Waals surface area (Å²) >= 11 is 0. The van der Waals surface area contributed by atoms with Crippen molar-refractivity contribution in [2.45, 2.75) is 13.8 Å². The third kappa shape index (κ3) is 2.36. The quantitative estimate of drug-likeness (QED) is 0.858. The molecule has 0 fully saturated rings. The molecular formula is C13H15N3O. The average Bonchev–Trinajstić information content (AvgIpc) is 2.27. The molecule has 0 radical (unpaired) electrons. The van der Waals surface area contributed by atoms with Crippen LogP contribution in [-0.4, -0.2) is 17.1 Å². The predicted octanol–water partition coefficient (Wildman–Crippen LogP) is 2.35. The van der Waals surface area contributed by atoms with Gasteiger partial charge in [-0.2, -0.15) is 0 Å². The van der Waals surface area contributed by atoms with Crippen molar-refractivity contribution in [3.63, 3.8) is 0 Å². The molecule has 0 aliphatic rings. The van der Waals surface area contributed by atoms with Crippen LogP contribution >= 0.6 is 0 Å². The molecule has 0 bridgehead atoms. The van der Waals surface area contributed by atoms with Crippen molar-refractivity contribution in [2.24, 2.45) is 0 Å². The summed E-state index contributed by atoms with van der Waals surface area (Å²) in [5, 5.41) is 0. The first-order valence-electron chi connectivity index (χ1n) is 5.36. The van der Waals surface area contributed by atoms with Gasteiger partial charge in [0.25, 0.3) is 0 Å². The number of aromatic nitrogens is 2. The Bertz CT molecular complexity index is 532. The van der Waals surface area contributed by atoms with Gasteiger partial charge >= 0.3 is 0 Å². The number of nitrogens with zero attached hydrogens (tertiary/aromatic N) is 2. The van der Waals surface area contributed by atoms with Crippen LogP contribution in [0.5, 0.6) is 5.75 Å². The normalized spacial score (nSPS) is 10.3. The third-order valence-corrected chi connectivity index (χ3v) is 2.53. The Morgan fingerprint density at radius 1 is 1.12 bits per heavy atom. The topological polar surface area (TPSA) is 61.0 Å². The molecule has 0 aliphatic carbocycles. The highest BCUT2D eigenvalue weighted by Gasteiger charge is 2.06. The molecule has 0 atom stereocenters. The highest BCUT2D eigenvalue weighted by molar-refractivity contribution is 5.60. The van der Waals surface area contributed by atoms with Gasteiger partial charge in [-0.25, -0.2) is 9.97 Å². The first kappa shape index (κ1) is 11.4. The van der Waals surface area contributed by atoms with Gasteiger partial charge in [-0.05, 0) is 37.6 Å². The van der Waals surface area contributed by atoms with E-state index in [9.17, 15) is 0 Å². The fourth-order valence-corrected chi connectivity index (χ4v) is 1.74. The van der Waals surface area contributed by atoms with Crippen LogP contribution in [0, 0.1) is 13.8 Å². The van der Waals surface area contributed by atoms with Crippen molar-refractivity contribution in [1.82, 2.24) is 9.97 Å². The van der Waals surface area contributed by atoms with Crippen molar-refractivity contribution in [3.8, 4) is 17.1 Å². The molecule has 0 unspecified atom stereocenters. The number of hydrogen-bond acceptors (Lipinski definition) is 4. The number of ether oxygens (including phenoxy) is 1. The second-order valence-corrected chi connectivity index (χ2v) is 3.94. The number of methoxy groups -OCH3 is 1. The van der Waals surface area contributed by atoms with Crippen molar-refractivity contribution in [1.29, 1.82) is 0 Å². The second kappa shape index (κ2) is 4.41. The number of hydrogen-bond donors (Lipinski definition) is 1. The summed E-state index contributed by atoms with van der Waals surface area (Å²) in [4.78, 5) is 8.60. The monoisotopic (exact) mass is 229 g/mol. The summed E-state index contributed by atoms with van der Waals surface area (Å²) in [6.07, 6.45) is 0. The van der Waals surface area contributed by atoms with Crippen molar-refractivity contribution in [3.05, 3.63) is 35.5 Å². The van der Waals surface area contributed by atoms with Gasteiger partial charge in [0, 0.05) is 17.3 Å². The Hall–Kier alpha value is -2.10. The molecule has 2 N–H and O–H groups in total. The van der Waals surface area contributed by atoms with E-state index in [-0.39, 0.29) is 0 Å². The minimum absolute atomic E-state index is 0.487. The maximum absolute atomic E-state index is 5.72. The van der Waals surface area contributed by atoms with Crippen LogP contribution < -0.4 is 10.5 Å². The van der Waals surface area contributed by atoms with Crippen LogP contribution in [0.3, 0.4) is 0 Å². The molecule has 2 rings (SSSR count). The molecule has 17 heavy (non-hydrogen) atoms. The van der Waals surface area contributed by atoms with Crippen LogP contribution in [-0.2, 0) is 0 Å². The summed E-state index contributed by atoms with van der Waals surface area (Å²) < 4.78 is 5.22. The van der Waals surface area contributed by atoms with Crippen molar-refractivity contribution < 1.29 is 4.74 Å². The lowest BCUT2D eigenvalue weighted by atomic mass is 10.1. The molecule has 1 aromatic carbocycles. The zero-order valence-corrected chi connectivity index (χ0v) is 10.2. The highest BCUT2D eigenvalue weighted by Crippen LogP contribution is 2.24. The number of nitrogens with two attached hydrogens (primary N) is 1. The van der Waals surface area contributed by atoms with E-state index < -0.39 is 0 Å². The minimum Gasteiger partial charge on any atom is -0.496 e. The van der Waals surface area contributed by atoms with Gasteiger partial charge in [-0.3, -0.25) is 0 Å². The Morgan fingerprint density at radius 3 is 2.47 bits per heavy atom. The molecule has 0 aliphatic heterocycles. The first-order chi connectivity index (χ1) is 8.10. The number of rotatable bonds is 2. The number of benzene rings is 1. The van der Waals surface area contributed by atoms with Crippen molar-refractivity contribution >= 4 is 5.82 Å². The largest absolute Gasteiger partial charge is 0.496 e. The van der Waals surface area contributed by atoms with E-state index >= 15 is 0 Å². The molecular weight excluding hydrogens is 214 g/mol. The lowest BCUT2D eigenvalue weighted by Gasteiger charge is -2.07. The van der Waals surface area contributed by atoms with E-state index in [1.54, 1.807) is 13.2 Å². The van der Waals surface area contributed by atoms with Crippen molar-refractivity contribution in [2.75, 3.05) is 12.8 Å². The summed E-state index contributed by atoms with van der Waals surface area (Å²) in [6, 6.07) is 7.58. The van der Waals surface area contributed by atoms with Gasteiger partial charge in [0.05, 0.1) is 7.11 Å². The highest BCUT2D eigenvalue weighted by atomic mass is 16.5. The molecule has 0 saturated heterocycles. The standard InChI is InChI=1S/C13H15N3O/c1-8-6-10(4-5-11(8)17-3)13-15-9(2)7-12(14)16-13/h4-7H,1-3H3,(H2,14,15,16). The van der Waals surface area contributed by atoms with E-state index in [0.29, 0.717) is 11.6 Å². The Balaban J connectivity index is 2.49. The molecule has 4 heteroatoms. The SMILES string of the molecule is COc1ccc(-c2nc(C)cc(N)n2)cc1C. The lowest BCUT2D eigenvalue weighted by Crippen LogP contribution is -1.98. The van der Waals surface area contributed by atoms with Gasteiger partial charge in [-0.15, -0.1) is 0 Å². The molecule has 0 saturated carbocycles. The summed E-state index contributed by atoms with van der Waals surface area (Å²) in [7, 11) is 1.66. The molecule has 0 amide bonds. The van der Waals surface area contributed by atoms with E-state index in [4.69, 9.17) is 10.5 Å². The van der Waals surface area contributed by atoms with Crippen LogP contribution in [0.15, 0.2) is 24.3 Å². The Labute approximate surface area is 100 Å². The molecule has 1 heterocycles. The third-order valence-electron chi connectivity index (χ3n) is 2.53. The molecule has 0 spiro atoms. The van der Waals surface area contributed by atoms with Gasteiger partial charge in [0.1, 0.15) is 11.6 Å². The van der Waals surface area contributed by atoms with Gasteiger partial charge in [0.15, 0.2) is 5.82 Å². The summed E-state index contributed by atoms with van der Waals surface area (Å²) in [5.41, 5.74) is 8.57. The number of nitrogen functional groups attached to an aromatic ring is 1. The first-order valence-corrected chi connectivity index (χ1v) is 5.36. The fourth-order valence-electron chi connectivity index (χ4n) is 1.74. The van der Waals surface area contributed by atoms with E-state index in [0.717, 1.165) is 22.6 Å². The predicted molar refractivity (Wildman–Crippen MR) is 67.9 cm³/mol. The lowest BCUT2D eigenvalue weighted by molar-refractivity contribution is 0.412. The van der Waals surface area contributed by atoms with E-state index in [1.165, 1.54) is 0 Å². The van der Waals surface area contributed by atoms with E-state index in [1.807, 2.05) is 32.0 Å². The summed E-state index contributed by atoms with van der Waals surface area (Å²) in [6.45, 7) is 3.89. The molecule has 1 aromatic heterocycles. The average molecular weight is 229 g/mol. The Morgan fingerprint density at radius 2 is 1.88 bits per heavy atom. The summed E-state index contributed by atoms with van der Waals surface area (Å²) in [5.74, 6) is 1.99. The molecule has 4 nitrogen and oxygen atoms in total. The van der Waals surface area contributed by atoms with Crippen LogP contribution in [0.2, 0.25) is 0 Å². The van der Waals surface area contributed by atoms with Gasteiger partial charge in [0.2, 0.25) is 0 Å². The van der Waals surface area contributed by atoms with Crippen LogP contribution in [0.1, 0.15) is 11.3 Å².